The van der Waals surface area contributed by atoms with E-state index >= 15 is 0 Å². The number of alkyl carbamates (subject to hydrolysis) is 1. The van der Waals surface area contributed by atoms with Crippen LogP contribution in [0.25, 0.3) is 0 Å². The van der Waals surface area contributed by atoms with Crippen molar-refractivity contribution in [1.82, 2.24) is 5.32 Å². The number of fused-ring (bicyclic) bond motifs is 1. The predicted molar refractivity (Wildman–Crippen MR) is 87.2 cm³/mol. The van der Waals surface area contributed by atoms with E-state index in [0.29, 0.717) is 24.0 Å². The first-order chi connectivity index (χ1) is 11.1. The van der Waals surface area contributed by atoms with E-state index in [1.54, 1.807) is 33.8 Å². The molecule has 1 aromatic rings. The second kappa shape index (κ2) is 6.89. The Labute approximate surface area is 141 Å². The molecule has 6 heteroatoms. The summed E-state index contributed by atoms with van der Waals surface area (Å²) in [7, 11) is 0. The highest BCUT2D eigenvalue weighted by molar-refractivity contribution is 5.68. The maximum atomic E-state index is 14.2. The van der Waals surface area contributed by atoms with Gasteiger partial charge in [-0.15, -0.1) is 0 Å². The number of aliphatic hydroxyl groups is 1. The highest BCUT2D eigenvalue weighted by Crippen LogP contribution is 2.31. The summed E-state index contributed by atoms with van der Waals surface area (Å²) >= 11 is 0. The molecule has 0 bridgehead atoms. The minimum Gasteiger partial charge on any atom is -0.444 e. The van der Waals surface area contributed by atoms with Crippen LogP contribution in [0.3, 0.4) is 0 Å². The summed E-state index contributed by atoms with van der Waals surface area (Å²) in [6.45, 7) is 6.85. The summed E-state index contributed by atoms with van der Waals surface area (Å²) in [4.78, 5) is 22.7. The number of halogens is 1. The Balaban J connectivity index is 2.10. The standard InChI is InChI=1S/C18H24FNO4/c1-10(20-17(23)24-18(2,3)4)16(22)13-7-12-5-11(9-21)6-14(12)15(19)8-13/h7-11,16,22H,5-6H2,1-4H3,(H,20,23)/t10-,11?,16?/m1/s1. The Morgan fingerprint density at radius 3 is 2.67 bits per heavy atom. The predicted octanol–water partition coefficient (Wildman–Crippen LogP) is 2.69. The molecule has 2 rings (SSSR count). The molecule has 0 radical (unpaired) electrons. The molecule has 24 heavy (non-hydrogen) atoms. The average Bonchev–Trinajstić information content (AvgIpc) is 2.87. The fraction of sp³-hybridized carbons (Fsp3) is 0.556. The third-order valence-electron chi connectivity index (χ3n) is 4.01. The van der Waals surface area contributed by atoms with Crippen molar-refractivity contribution in [3.05, 3.63) is 34.6 Å². The van der Waals surface area contributed by atoms with E-state index in [2.05, 4.69) is 5.32 Å². The molecule has 0 heterocycles. The minimum absolute atomic E-state index is 0.209. The second-order valence-electron chi connectivity index (χ2n) is 7.32. The van der Waals surface area contributed by atoms with Gasteiger partial charge in [0, 0.05) is 5.92 Å². The monoisotopic (exact) mass is 337 g/mol. The number of carbonyl (C=O) groups is 2. The lowest BCUT2D eigenvalue weighted by Crippen LogP contribution is -2.40. The van der Waals surface area contributed by atoms with E-state index in [9.17, 15) is 19.1 Å². The molecule has 0 saturated heterocycles. The molecule has 0 fully saturated rings. The van der Waals surface area contributed by atoms with Gasteiger partial charge in [-0.05, 0) is 63.3 Å². The highest BCUT2D eigenvalue weighted by Gasteiger charge is 2.28. The van der Waals surface area contributed by atoms with Gasteiger partial charge >= 0.3 is 6.09 Å². The van der Waals surface area contributed by atoms with Crippen molar-refractivity contribution in [2.75, 3.05) is 0 Å². The van der Waals surface area contributed by atoms with E-state index in [1.165, 1.54) is 6.07 Å². The molecule has 1 aromatic carbocycles. The Morgan fingerprint density at radius 2 is 2.08 bits per heavy atom. The van der Waals surface area contributed by atoms with Crippen molar-refractivity contribution in [2.45, 2.75) is 58.3 Å². The van der Waals surface area contributed by atoms with Gasteiger partial charge in [0.25, 0.3) is 0 Å². The second-order valence-corrected chi connectivity index (χ2v) is 7.32. The minimum atomic E-state index is -1.08. The maximum Gasteiger partial charge on any atom is 0.407 e. The Morgan fingerprint density at radius 1 is 1.42 bits per heavy atom. The third kappa shape index (κ3) is 4.32. The van der Waals surface area contributed by atoms with Gasteiger partial charge in [0.05, 0.1) is 12.1 Å². The Bertz CT molecular complexity index is 639. The van der Waals surface area contributed by atoms with E-state index in [-0.39, 0.29) is 5.92 Å². The van der Waals surface area contributed by atoms with Crippen LogP contribution >= 0.6 is 0 Å². The number of ether oxygens (including phenoxy) is 1. The number of hydrogen-bond acceptors (Lipinski definition) is 4. The molecule has 2 unspecified atom stereocenters. The number of carbonyl (C=O) groups excluding carboxylic acids is 2. The zero-order chi connectivity index (χ0) is 18.1. The largest absolute Gasteiger partial charge is 0.444 e. The summed E-state index contributed by atoms with van der Waals surface area (Å²) < 4.78 is 19.4. The summed E-state index contributed by atoms with van der Waals surface area (Å²) in [5.41, 5.74) is 1.01. The smallest absolute Gasteiger partial charge is 0.407 e. The van der Waals surface area contributed by atoms with E-state index in [1.807, 2.05) is 0 Å². The van der Waals surface area contributed by atoms with Crippen LogP contribution in [-0.2, 0) is 22.4 Å². The first-order valence-corrected chi connectivity index (χ1v) is 8.04. The molecule has 3 atom stereocenters. The first kappa shape index (κ1) is 18.4. The lowest BCUT2D eigenvalue weighted by atomic mass is 9.98. The molecule has 2 N–H and O–H groups in total. The molecule has 0 aliphatic heterocycles. The number of amides is 1. The van der Waals surface area contributed by atoms with Crippen LogP contribution in [0.1, 0.15) is 50.5 Å². The lowest BCUT2D eigenvalue weighted by Gasteiger charge is -2.24. The van der Waals surface area contributed by atoms with Crippen LogP contribution in [0, 0.1) is 11.7 Å². The van der Waals surface area contributed by atoms with Crippen LogP contribution in [0.4, 0.5) is 9.18 Å². The zero-order valence-corrected chi connectivity index (χ0v) is 14.4. The van der Waals surface area contributed by atoms with Gasteiger partial charge in [-0.1, -0.05) is 6.07 Å². The molecule has 0 aromatic heterocycles. The van der Waals surface area contributed by atoms with Crippen LogP contribution < -0.4 is 5.32 Å². The van der Waals surface area contributed by atoms with Crippen LogP contribution in [-0.4, -0.2) is 29.1 Å². The number of benzene rings is 1. The summed E-state index contributed by atoms with van der Waals surface area (Å²) in [5.74, 6) is -0.630. The van der Waals surface area contributed by atoms with Crippen molar-refractivity contribution < 1.29 is 23.8 Å². The summed E-state index contributed by atoms with van der Waals surface area (Å²) in [5, 5.41) is 13.0. The molecular formula is C18H24FNO4. The number of aldehydes is 1. The van der Waals surface area contributed by atoms with E-state index < -0.39 is 29.7 Å². The van der Waals surface area contributed by atoms with E-state index in [0.717, 1.165) is 11.8 Å². The molecule has 132 valence electrons. The average molecular weight is 337 g/mol. The van der Waals surface area contributed by atoms with Gasteiger partial charge in [0.1, 0.15) is 17.7 Å². The molecule has 1 aliphatic carbocycles. The quantitative estimate of drug-likeness (QED) is 0.828. The highest BCUT2D eigenvalue weighted by atomic mass is 19.1. The molecule has 5 nitrogen and oxygen atoms in total. The van der Waals surface area contributed by atoms with Crippen molar-refractivity contribution >= 4 is 12.4 Å². The zero-order valence-electron chi connectivity index (χ0n) is 14.4. The number of rotatable bonds is 4. The number of nitrogens with one attached hydrogen (secondary N) is 1. The maximum absolute atomic E-state index is 14.2. The molecule has 1 aliphatic rings. The normalized spacial score (nSPS) is 19.3. The number of hydrogen-bond donors (Lipinski definition) is 2. The molecule has 0 saturated carbocycles. The van der Waals surface area contributed by atoms with Crippen molar-refractivity contribution in [3.63, 3.8) is 0 Å². The summed E-state index contributed by atoms with van der Waals surface area (Å²) in [6.07, 6.45) is -0.0107. The van der Waals surface area contributed by atoms with E-state index in [4.69, 9.17) is 4.74 Å². The Kier molecular flexibility index (Phi) is 5.28. The van der Waals surface area contributed by atoms with Crippen molar-refractivity contribution in [2.24, 2.45) is 5.92 Å². The Hall–Kier alpha value is -1.95. The SMILES string of the molecule is C[C@@H](NC(=O)OC(C)(C)C)C(O)c1cc(F)c2c(c1)CC(C=O)C2. The van der Waals surface area contributed by atoms with Crippen molar-refractivity contribution in [1.29, 1.82) is 0 Å². The van der Waals surface area contributed by atoms with Crippen molar-refractivity contribution in [3.8, 4) is 0 Å². The summed E-state index contributed by atoms with van der Waals surface area (Å²) in [6, 6.07) is 2.32. The van der Waals surface area contributed by atoms with Gasteiger partial charge in [0.15, 0.2) is 0 Å². The van der Waals surface area contributed by atoms with Crippen LogP contribution in [0.2, 0.25) is 0 Å². The van der Waals surface area contributed by atoms with Gasteiger partial charge in [0.2, 0.25) is 0 Å². The van der Waals surface area contributed by atoms with Gasteiger partial charge in [-0.3, -0.25) is 0 Å². The number of aliphatic hydroxyl groups excluding tert-OH is 1. The van der Waals surface area contributed by atoms with Crippen LogP contribution in [0.15, 0.2) is 12.1 Å². The topological polar surface area (TPSA) is 75.6 Å². The lowest BCUT2D eigenvalue weighted by molar-refractivity contribution is -0.110. The molecule has 0 spiro atoms. The molecule has 1 amide bonds. The molecular weight excluding hydrogens is 313 g/mol. The van der Waals surface area contributed by atoms with Gasteiger partial charge in [-0.25, -0.2) is 9.18 Å². The van der Waals surface area contributed by atoms with Gasteiger partial charge in [-0.2, -0.15) is 0 Å². The van der Waals surface area contributed by atoms with Gasteiger partial charge < -0.3 is 20.0 Å². The third-order valence-corrected chi connectivity index (χ3v) is 4.01. The first-order valence-electron chi connectivity index (χ1n) is 8.04. The fourth-order valence-electron chi connectivity index (χ4n) is 2.87. The fourth-order valence-corrected chi connectivity index (χ4v) is 2.87. The van der Waals surface area contributed by atoms with Crippen LogP contribution in [0.5, 0.6) is 0 Å².